The van der Waals surface area contributed by atoms with Crippen molar-refractivity contribution in [3.63, 3.8) is 0 Å². The number of carbonyl (C=O) groups excluding carboxylic acids is 2. The molecule has 1 aliphatic carbocycles. The molecule has 3 heterocycles. The number of pyridine rings is 2. The second-order valence-corrected chi connectivity index (χ2v) is 8.81. The smallest absolute Gasteiger partial charge is 0.270 e. The third kappa shape index (κ3) is 6.19. The van der Waals surface area contributed by atoms with E-state index in [-0.39, 0.29) is 35.7 Å². The molecule has 2 aliphatic rings. The van der Waals surface area contributed by atoms with Crippen molar-refractivity contribution in [2.75, 3.05) is 6.54 Å². The second-order valence-electron chi connectivity index (χ2n) is 8.81. The molecule has 0 unspecified atom stereocenters. The maximum atomic E-state index is 12.7. The number of amidine groups is 1. The van der Waals surface area contributed by atoms with Crippen LogP contribution in [-0.2, 0) is 11.3 Å². The van der Waals surface area contributed by atoms with Gasteiger partial charge in [-0.1, -0.05) is 6.07 Å². The van der Waals surface area contributed by atoms with E-state index < -0.39 is 0 Å². The number of H-pyrrole nitrogens is 1. The molecule has 2 aromatic heterocycles. The first-order valence-electron chi connectivity index (χ1n) is 11.5. The van der Waals surface area contributed by atoms with Crippen LogP contribution in [0.4, 0.5) is 0 Å². The average molecular weight is 467 g/mol. The summed E-state index contributed by atoms with van der Waals surface area (Å²) < 4.78 is 0. The SMILES string of the molecule is CC(=O)NC1CCC(CN2NN=C(c3cc(C)nc(C(=O)NCc4cccc(=O)[nH]4)c3)N2)CC1. The van der Waals surface area contributed by atoms with Crippen LogP contribution in [0.15, 0.2) is 40.2 Å². The van der Waals surface area contributed by atoms with Crippen molar-refractivity contribution in [2.45, 2.75) is 52.1 Å². The molecule has 2 aromatic rings. The van der Waals surface area contributed by atoms with Crippen LogP contribution in [0.3, 0.4) is 0 Å². The minimum atomic E-state index is -0.339. The highest BCUT2D eigenvalue weighted by Crippen LogP contribution is 2.25. The van der Waals surface area contributed by atoms with Crippen LogP contribution in [0.25, 0.3) is 0 Å². The van der Waals surface area contributed by atoms with Crippen molar-refractivity contribution in [3.8, 4) is 0 Å². The lowest BCUT2D eigenvalue weighted by Gasteiger charge is -2.30. The lowest BCUT2D eigenvalue weighted by Crippen LogP contribution is -2.46. The summed E-state index contributed by atoms with van der Waals surface area (Å²) in [6, 6.07) is 8.61. The maximum absolute atomic E-state index is 12.7. The van der Waals surface area contributed by atoms with Crippen LogP contribution in [0.2, 0.25) is 0 Å². The van der Waals surface area contributed by atoms with Gasteiger partial charge in [-0.3, -0.25) is 19.8 Å². The molecule has 0 atom stereocenters. The van der Waals surface area contributed by atoms with Gasteiger partial charge in [0, 0.05) is 42.5 Å². The number of hydrazine groups is 2. The van der Waals surface area contributed by atoms with Gasteiger partial charge in [-0.25, -0.2) is 10.5 Å². The number of hydrazone groups is 1. The van der Waals surface area contributed by atoms with E-state index in [9.17, 15) is 14.4 Å². The highest BCUT2D eigenvalue weighted by molar-refractivity contribution is 6.01. The van der Waals surface area contributed by atoms with Crippen molar-refractivity contribution in [1.29, 1.82) is 0 Å². The Labute approximate surface area is 197 Å². The number of aromatic amines is 1. The Bertz CT molecular complexity index is 1140. The lowest BCUT2D eigenvalue weighted by molar-refractivity contribution is -0.119. The van der Waals surface area contributed by atoms with Gasteiger partial charge in [0.15, 0.2) is 5.84 Å². The van der Waals surface area contributed by atoms with Gasteiger partial charge in [-0.15, -0.1) is 10.2 Å². The molecule has 180 valence electrons. The van der Waals surface area contributed by atoms with Crippen LogP contribution >= 0.6 is 0 Å². The lowest BCUT2D eigenvalue weighted by atomic mass is 9.86. The van der Waals surface area contributed by atoms with E-state index in [0.29, 0.717) is 23.1 Å². The molecule has 4 rings (SSSR count). The van der Waals surface area contributed by atoms with Crippen molar-refractivity contribution in [3.05, 3.63) is 63.3 Å². The summed E-state index contributed by atoms with van der Waals surface area (Å²) in [5.74, 6) is 0.789. The van der Waals surface area contributed by atoms with Crippen molar-refractivity contribution < 1.29 is 9.59 Å². The average Bonchev–Trinajstić information content (AvgIpc) is 3.27. The number of aromatic nitrogens is 2. The van der Waals surface area contributed by atoms with E-state index in [1.807, 2.05) is 18.1 Å². The molecule has 0 radical (unpaired) electrons. The summed E-state index contributed by atoms with van der Waals surface area (Å²) in [6.07, 6.45) is 4.02. The molecule has 11 heteroatoms. The van der Waals surface area contributed by atoms with Gasteiger partial charge < -0.3 is 15.6 Å². The molecule has 0 bridgehead atoms. The fourth-order valence-electron chi connectivity index (χ4n) is 4.32. The predicted molar refractivity (Wildman–Crippen MR) is 126 cm³/mol. The second kappa shape index (κ2) is 10.5. The Balaban J connectivity index is 1.32. The van der Waals surface area contributed by atoms with Gasteiger partial charge in [0.2, 0.25) is 11.5 Å². The fraction of sp³-hybridized carbons (Fsp3) is 0.435. The Morgan fingerprint density at radius 1 is 1.18 bits per heavy atom. The molecule has 1 fully saturated rings. The van der Waals surface area contributed by atoms with E-state index in [1.54, 1.807) is 25.1 Å². The van der Waals surface area contributed by atoms with Crippen LogP contribution < -0.4 is 27.2 Å². The van der Waals surface area contributed by atoms with E-state index in [1.165, 1.54) is 6.07 Å². The number of hydrogen-bond donors (Lipinski definition) is 5. The number of nitrogens with one attached hydrogen (secondary N) is 5. The number of carbonyl (C=O) groups is 2. The maximum Gasteiger partial charge on any atom is 0.270 e. The zero-order chi connectivity index (χ0) is 24.1. The van der Waals surface area contributed by atoms with Crippen molar-refractivity contribution in [1.82, 2.24) is 36.7 Å². The van der Waals surface area contributed by atoms with Crippen LogP contribution in [0.1, 0.15) is 60.0 Å². The largest absolute Gasteiger partial charge is 0.354 e. The standard InChI is InChI=1S/C23H30N8O3/c1-14-10-17(11-20(25-14)23(34)24-12-19-4-3-5-21(33)27-19)22-28-30-31(29-22)13-16-6-8-18(9-7-16)26-15(2)32/h3-5,10-11,16,18,30H,6-9,12-13H2,1-2H3,(H,24,34)(H,26,32)(H,27,33)(H,28,29). The molecule has 1 aliphatic heterocycles. The van der Waals surface area contributed by atoms with Crippen LogP contribution in [0.5, 0.6) is 0 Å². The Hall–Kier alpha value is -3.73. The summed E-state index contributed by atoms with van der Waals surface area (Å²) >= 11 is 0. The highest BCUT2D eigenvalue weighted by atomic mass is 16.2. The molecule has 11 nitrogen and oxygen atoms in total. The highest BCUT2D eigenvalue weighted by Gasteiger charge is 2.26. The number of rotatable bonds is 7. The Morgan fingerprint density at radius 2 is 1.97 bits per heavy atom. The Morgan fingerprint density at radius 3 is 2.71 bits per heavy atom. The van der Waals surface area contributed by atoms with Gasteiger partial charge in [-0.05, 0) is 56.7 Å². The quantitative estimate of drug-likeness (QED) is 0.404. The van der Waals surface area contributed by atoms with Crippen LogP contribution in [-0.4, -0.2) is 45.3 Å². The molecule has 0 saturated heterocycles. The molecule has 0 spiro atoms. The number of amides is 2. The molecule has 5 N–H and O–H groups in total. The first kappa shape index (κ1) is 23.4. The van der Waals surface area contributed by atoms with E-state index >= 15 is 0 Å². The third-order valence-electron chi connectivity index (χ3n) is 5.95. The van der Waals surface area contributed by atoms with Gasteiger partial charge in [0.05, 0.1) is 6.54 Å². The topological polar surface area (TPSA) is 144 Å². The van der Waals surface area contributed by atoms with Crippen LogP contribution in [0, 0.1) is 12.8 Å². The normalized spacial score (nSPS) is 20.1. The predicted octanol–water partition coefficient (Wildman–Crippen LogP) is 0.690. The summed E-state index contributed by atoms with van der Waals surface area (Å²) in [4.78, 5) is 42.4. The minimum Gasteiger partial charge on any atom is -0.354 e. The molecule has 1 saturated carbocycles. The van der Waals surface area contributed by atoms with E-state index in [2.05, 4.69) is 36.7 Å². The van der Waals surface area contributed by atoms with Gasteiger partial charge in [0.1, 0.15) is 5.69 Å². The minimum absolute atomic E-state index is 0.0278. The first-order valence-corrected chi connectivity index (χ1v) is 11.5. The zero-order valence-corrected chi connectivity index (χ0v) is 19.4. The van der Waals surface area contributed by atoms with Crippen molar-refractivity contribution in [2.24, 2.45) is 11.0 Å². The summed E-state index contributed by atoms with van der Waals surface area (Å²) in [5.41, 5.74) is 8.36. The fourth-order valence-corrected chi connectivity index (χ4v) is 4.32. The van der Waals surface area contributed by atoms with E-state index in [0.717, 1.165) is 37.8 Å². The van der Waals surface area contributed by atoms with Gasteiger partial charge in [-0.2, -0.15) is 0 Å². The van der Waals surface area contributed by atoms with Gasteiger partial charge in [0.25, 0.3) is 5.91 Å². The number of hydrogen-bond acceptors (Lipinski definition) is 8. The summed E-state index contributed by atoms with van der Waals surface area (Å²) in [6.45, 7) is 4.35. The summed E-state index contributed by atoms with van der Waals surface area (Å²) in [7, 11) is 0. The first-order chi connectivity index (χ1) is 16.4. The van der Waals surface area contributed by atoms with Crippen molar-refractivity contribution >= 4 is 17.6 Å². The summed E-state index contributed by atoms with van der Waals surface area (Å²) in [5, 5.41) is 12.0. The molecular formula is C23H30N8O3. The van der Waals surface area contributed by atoms with Gasteiger partial charge >= 0.3 is 0 Å². The monoisotopic (exact) mass is 466 g/mol. The van der Waals surface area contributed by atoms with E-state index in [4.69, 9.17) is 0 Å². The molecule has 0 aromatic carbocycles. The Kier molecular flexibility index (Phi) is 7.21. The third-order valence-corrected chi connectivity index (χ3v) is 5.95. The molecule has 34 heavy (non-hydrogen) atoms. The number of aryl methyl sites for hydroxylation is 1. The zero-order valence-electron chi connectivity index (χ0n) is 19.4. The molecule has 2 amide bonds. The number of nitrogens with zero attached hydrogens (tertiary/aromatic N) is 3. The molecular weight excluding hydrogens is 436 g/mol.